The lowest BCUT2D eigenvalue weighted by Crippen LogP contribution is -2.47. The van der Waals surface area contributed by atoms with Crippen LogP contribution in [0.1, 0.15) is 11.7 Å². The molecular weight excluding hydrogens is 574 g/mol. The summed E-state index contributed by atoms with van der Waals surface area (Å²) < 4.78 is 4.61. The predicted octanol–water partition coefficient (Wildman–Crippen LogP) is 9.17. The van der Waals surface area contributed by atoms with Crippen molar-refractivity contribution in [3.05, 3.63) is 170 Å². The normalized spacial score (nSPS) is 15.6. The van der Waals surface area contributed by atoms with Crippen LogP contribution in [0.4, 0.5) is 0 Å². The summed E-state index contributed by atoms with van der Waals surface area (Å²) in [5.41, 5.74) is 17.5. The Morgan fingerprint density at radius 3 is 1.77 bits per heavy atom. The average Bonchev–Trinajstić information content (AvgIpc) is 3.64. The number of nitrogens with zero attached hydrogens (tertiary/aromatic N) is 3. The molecule has 0 saturated carbocycles. The maximum Gasteiger partial charge on any atom is 0.108 e. The zero-order valence-corrected chi connectivity index (χ0v) is 25.7. The van der Waals surface area contributed by atoms with E-state index in [1.54, 1.807) is 5.01 Å². The van der Waals surface area contributed by atoms with E-state index in [9.17, 15) is 0 Å². The van der Waals surface area contributed by atoms with Gasteiger partial charge in [0.2, 0.25) is 0 Å². The molecule has 8 aromatic rings. The number of aromatic nitrogens is 2. The SMILES string of the molecule is N[C@H](C1C(c2ccccc2)=CC=CN1N)n1c2ccccc2c2cc(-c3ccc4c(c3)c3ccccc3n4-c3ccccc3)ccc21. The van der Waals surface area contributed by atoms with Gasteiger partial charge in [-0.15, -0.1) is 0 Å². The van der Waals surface area contributed by atoms with Gasteiger partial charge in [0, 0.05) is 33.4 Å². The second-order valence-electron chi connectivity index (χ2n) is 12.3. The van der Waals surface area contributed by atoms with Gasteiger partial charge in [-0.25, -0.2) is 5.84 Å². The maximum atomic E-state index is 7.24. The molecular formula is C42H33N5. The molecule has 0 fully saturated rings. The summed E-state index contributed by atoms with van der Waals surface area (Å²) in [5.74, 6) is 6.64. The molecule has 0 bridgehead atoms. The summed E-state index contributed by atoms with van der Waals surface area (Å²) in [6.07, 6.45) is 5.57. The topological polar surface area (TPSA) is 65.1 Å². The fourth-order valence-corrected chi connectivity index (χ4v) is 7.51. The van der Waals surface area contributed by atoms with Gasteiger partial charge in [0.25, 0.3) is 0 Å². The Kier molecular flexibility index (Phi) is 6.35. The monoisotopic (exact) mass is 607 g/mol. The van der Waals surface area contributed by atoms with Crippen molar-refractivity contribution >= 4 is 49.2 Å². The number of para-hydroxylation sites is 3. The standard InChI is InChI=1S/C42H33N5/c43-42(41-32(18-11-25-45(41)44)28-12-3-1-4-13-28)47-38-20-10-8-17-34(38)36-27-30(22-24-40(36)47)29-21-23-39-35(26-29)33-16-7-9-19-37(33)46(39)31-14-5-2-6-15-31/h1-27,41-42H,43-44H2/t41?,42-/m0/s1. The Labute approximate surface area is 272 Å². The molecule has 4 N–H and O–H groups in total. The highest BCUT2D eigenvalue weighted by Gasteiger charge is 2.31. The van der Waals surface area contributed by atoms with E-state index in [0.29, 0.717) is 0 Å². The van der Waals surface area contributed by atoms with Gasteiger partial charge >= 0.3 is 0 Å². The minimum Gasteiger partial charge on any atom is -0.322 e. The number of nitrogens with two attached hydrogens (primary N) is 2. The van der Waals surface area contributed by atoms with Gasteiger partial charge in [-0.3, -0.25) is 0 Å². The highest BCUT2D eigenvalue weighted by Crippen LogP contribution is 2.39. The Morgan fingerprint density at radius 1 is 0.511 bits per heavy atom. The number of fused-ring (bicyclic) bond motifs is 6. The van der Waals surface area contributed by atoms with Crippen molar-refractivity contribution in [3.63, 3.8) is 0 Å². The van der Waals surface area contributed by atoms with Crippen LogP contribution in [-0.2, 0) is 0 Å². The van der Waals surface area contributed by atoms with Crippen molar-refractivity contribution in [2.45, 2.75) is 12.2 Å². The van der Waals surface area contributed by atoms with Gasteiger partial charge < -0.3 is 19.9 Å². The van der Waals surface area contributed by atoms with Crippen LogP contribution in [0.25, 0.3) is 66.0 Å². The van der Waals surface area contributed by atoms with E-state index < -0.39 is 6.17 Å². The quantitative estimate of drug-likeness (QED) is 0.192. The summed E-state index contributed by atoms with van der Waals surface area (Å²) in [6.45, 7) is 0. The van der Waals surface area contributed by atoms with Crippen LogP contribution in [0.15, 0.2) is 164 Å². The van der Waals surface area contributed by atoms with Crippen molar-refractivity contribution < 1.29 is 0 Å². The molecule has 9 rings (SSSR count). The Morgan fingerprint density at radius 2 is 1.04 bits per heavy atom. The molecule has 1 aliphatic rings. The first-order valence-corrected chi connectivity index (χ1v) is 16.0. The maximum absolute atomic E-state index is 7.24. The van der Waals surface area contributed by atoms with Gasteiger partial charge in [0.1, 0.15) is 12.2 Å². The molecule has 2 atom stereocenters. The molecule has 2 aromatic heterocycles. The summed E-state index contributed by atoms with van der Waals surface area (Å²) in [6, 6.07) is 51.5. The van der Waals surface area contributed by atoms with E-state index >= 15 is 0 Å². The molecule has 226 valence electrons. The van der Waals surface area contributed by atoms with Gasteiger partial charge in [0.15, 0.2) is 0 Å². The Hall–Kier alpha value is -5.88. The summed E-state index contributed by atoms with van der Waals surface area (Å²) in [4.78, 5) is 0. The van der Waals surface area contributed by atoms with Crippen molar-refractivity contribution in [3.8, 4) is 16.8 Å². The molecule has 47 heavy (non-hydrogen) atoms. The second-order valence-corrected chi connectivity index (χ2v) is 12.3. The number of hydrogen-bond donors (Lipinski definition) is 2. The van der Waals surface area contributed by atoms with E-state index in [1.165, 1.54) is 43.7 Å². The van der Waals surface area contributed by atoms with E-state index in [2.05, 4.69) is 155 Å². The van der Waals surface area contributed by atoms with Crippen LogP contribution >= 0.6 is 0 Å². The van der Waals surface area contributed by atoms with Crippen LogP contribution in [0.5, 0.6) is 0 Å². The number of allylic oxidation sites excluding steroid dienone is 2. The van der Waals surface area contributed by atoms with Crippen LogP contribution in [0.3, 0.4) is 0 Å². The fraction of sp³-hybridized carbons (Fsp3) is 0.0476. The Bertz CT molecular complexity index is 2500. The second kappa shape index (κ2) is 10.9. The molecule has 6 aromatic carbocycles. The molecule has 3 heterocycles. The predicted molar refractivity (Wildman–Crippen MR) is 196 cm³/mol. The third kappa shape index (κ3) is 4.32. The van der Waals surface area contributed by atoms with E-state index in [0.717, 1.165) is 27.9 Å². The molecule has 5 heteroatoms. The first-order chi connectivity index (χ1) is 23.2. The summed E-state index contributed by atoms with van der Waals surface area (Å²) in [5, 5.41) is 6.55. The van der Waals surface area contributed by atoms with Gasteiger partial charge in [-0.05, 0) is 76.9 Å². The van der Waals surface area contributed by atoms with Gasteiger partial charge in [-0.2, -0.15) is 0 Å². The summed E-state index contributed by atoms with van der Waals surface area (Å²) >= 11 is 0. The van der Waals surface area contributed by atoms with E-state index in [-0.39, 0.29) is 6.04 Å². The first-order valence-electron chi connectivity index (χ1n) is 16.0. The highest BCUT2D eigenvalue weighted by molar-refractivity contribution is 6.12. The van der Waals surface area contributed by atoms with Crippen LogP contribution < -0.4 is 11.6 Å². The fourth-order valence-electron chi connectivity index (χ4n) is 7.51. The lowest BCUT2D eigenvalue weighted by atomic mass is 9.93. The summed E-state index contributed by atoms with van der Waals surface area (Å²) in [7, 11) is 0. The van der Waals surface area contributed by atoms with Crippen molar-refractivity contribution in [1.29, 1.82) is 0 Å². The third-order valence-corrected chi connectivity index (χ3v) is 9.63. The first kappa shape index (κ1) is 27.4. The molecule has 0 saturated heterocycles. The minimum atomic E-state index is -0.440. The van der Waals surface area contributed by atoms with Crippen LogP contribution in [-0.4, -0.2) is 20.2 Å². The number of rotatable bonds is 5. The molecule has 1 unspecified atom stereocenters. The number of hydrazine groups is 1. The van der Waals surface area contributed by atoms with Crippen molar-refractivity contribution in [1.82, 2.24) is 14.1 Å². The van der Waals surface area contributed by atoms with E-state index in [1.807, 2.05) is 18.3 Å². The zero-order valence-electron chi connectivity index (χ0n) is 25.7. The minimum absolute atomic E-state index is 0.259. The number of hydrogen-bond acceptors (Lipinski definition) is 3. The van der Waals surface area contributed by atoms with Gasteiger partial charge in [-0.1, -0.05) is 103 Å². The molecule has 0 aliphatic carbocycles. The van der Waals surface area contributed by atoms with Crippen molar-refractivity contribution in [2.75, 3.05) is 0 Å². The molecule has 5 nitrogen and oxygen atoms in total. The molecule has 1 aliphatic heterocycles. The van der Waals surface area contributed by atoms with Gasteiger partial charge in [0.05, 0.1) is 22.1 Å². The molecule has 0 spiro atoms. The third-order valence-electron chi connectivity index (χ3n) is 9.63. The lowest BCUT2D eigenvalue weighted by Gasteiger charge is -2.36. The van der Waals surface area contributed by atoms with Crippen LogP contribution in [0, 0.1) is 0 Å². The zero-order chi connectivity index (χ0) is 31.5. The smallest absolute Gasteiger partial charge is 0.108 e. The average molecular weight is 608 g/mol. The lowest BCUT2D eigenvalue weighted by molar-refractivity contribution is 0.263. The Balaban J connectivity index is 1.19. The highest BCUT2D eigenvalue weighted by atomic mass is 15.4. The van der Waals surface area contributed by atoms with E-state index in [4.69, 9.17) is 11.6 Å². The molecule has 0 amide bonds. The number of benzene rings is 6. The van der Waals surface area contributed by atoms with Crippen LogP contribution in [0.2, 0.25) is 0 Å². The largest absolute Gasteiger partial charge is 0.322 e. The molecule has 0 radical (unpaired) electrons. The van der Waals surface area contributed by atoms with Crippen molar-refractivity contribution in [2.24, 2.45) is 11.6 Å².